The lowest BCUT2D eigenvalue weighted by atomic mass is 10.2. The highest BCUT2D eigenvalue weighted by molar-refractivity contribution is 7.98. The second kappa shape index (κ2) is 5.17. The smallest absolute Gasteiger partial charge is 0.116 e. The fraction of sp³-hybridized carbons (Fsp3) is 0.200. The van der Waals surface area contributed by atoms with Gasteiger partial charge in [0.2, 0.25) is 0 Å². The molecule has 0 radical (unpaired) electrons. The first-order valence-electron chi connectivity index (χ1n) is 6.33. The van der Waals surface area contributed by atoms with E-state index >= 15 is 0 Å². The Kier molecular flexibility index (Phi) is 3.36. The van der Waals surface area contributed by atoms with Crippen molar-refractivity contribution in [3.63, 3.8) is 0 Å². The van der Waals surface area contributed by atoms with Crippen LogP contribution in [0.15, 0.2) is 41.3 Å². The lowest BCUT2D eigenvalue weighted by molar-refractivity contribution is 0.473. The molecule has 0 aliphatic carbocycles. The van der Waals surface area contributed by atoms with Gasteiger partial charge in [0.15, 0.2) is 0 Å². The monoisotopic (exact) mass is 285 g/mol. The molecule has 1 aromatic heterocycles. The summed E-state index contributed by atoms with van der Waals surface area (Å²) in [5.41, 5.74) is 4.21. The van der Waals surface area contributed by atoms with Gasteiger partial charge in [0.1, 0.15) is 11.3 Å². The highest BCUT2D eigenvalue weighted by Gasteiger charge is 2.04. The van der Waals surface area contributed by atoms with Crippen LogP contribution in [0.25, 0.3) is 11.0 Å². The van der Waals surface area contributed by atoms with E-state index < -0.39 is 0 Å². The van der Waals surface area contributed by atoms with Crippen LogP contribution in [0, 0.1) is 6.92 Å². The van der Waals surface area contributed by atoms with E-state index in [4.69, 9.17) is 0 Å². The normalized spacial score (nSPS) is 11.1. The van der Waals surface area contributed by atoms with Crippen molar-refractivity contribution < 1.29 is 5.11 Å². The number of thioether (sulfide) groups is 1. The quantitative estimate of drug-likeness (QED) is 0.750. The topological polar surface area (TPSA) is 50.9 Å². The number of aryl methyl sites for hydroxylation is 2. The summed E-state index contributed by atoms with van der Waals surface area (Å²) in [6, 6.07) is 11.8. The summed E-state index contributed by atoms with van der Waals surface area (Å²) < 4.78 is 1.77. The first-order valence-corrected chi connectivity index (χ1v) is 7.32. The van der Waals surface area contributed by atoms with Crippen LogP contribution in [0.1, 0.15) is 11.1 Å². The van der Waals surface area contributed by atoms with Crippen molar-refractivity contribution in [2.45, 2.75) is 17.6 Å². The minimum absolute atomic E-state index is 0.317. The van der Waals surface area contributed by atoms with Gasteiger partial charge in [-0.25, -0.2) is 4.68 Å². The van der Waals surface area contributed by atoms with E-state index in [1.807, 2.05) is 20.0 Å². The summed E-state index contributed by atoms with van der Waals surface area (Å²) in [5.74, 6) is 1.16. The molecule has 0 unspecified atom stereocenters. The Morgan fingerprint density at radius 1 is 1.20 bits per heavy atom. The molecule has 0 bridgehead atoms. The zero-order chi connectivity index (χ0) is 14.1. The average molecular weight is 285 g/mol. The largest absolute Gasteiger partial charge is 0.508 e. The predicted octanol–water partition coefficient (Wildman–Crippen LogP) is 3.27. The van der Waals surface area contributed by atoms with Crippen LogP contribution in [-0.4, -0.2) is 20.1 Å². The molecule has 1 N–H and O–H groups in total. The van der Waals surface area contributed by atoms with Crippen molar-refractivity contribution in [2.24, 2.45) is 7.05 Å². The molecule has 20 heavy (non-hydrogen) atoms. The van der Waals surface area contributed by atoms with Gasteiger partial charge in [-0.05, 0) is 48.4 Å². The fourth-order valence-electron chi connectivity index (χ4n) is 2.15. The van der Waals surface area contributed by atoms with Gasteiger partial charge in [0, 0.05) is 17.7 Å². The first kappa shape index (κ1) is 13.0. The van der Waals surface area contributed by atoms with Gasteiger partial charge in [0.25, 0.3) is 0 Å². The van der Waals surface area contributed by atoms with Gasteiger partial charge in [-0.2, -0.15) is 0 Å². The molecule has 0 atom stereocenters. The predicted molar refractivity (Wildman–Crippen MR) is 80.9 cm³/mol. The van der Waals surface area contributed by atoms with Crippen LogP contribution in [0.2, 0.25) is 0 Å². The van der Waals surface area contributed by atoms with Crippen molar-refractivity contribution in [2.75, 3.05) is 0 Å². The molecule has 0 aliphatic rings. The highest BCUT2D eigenvalue weighted by Crippen LogP contribution is 2.28. The van der Waals surface area contributed by atoms with Crippen LogP contribution in [0.5, 0.6) is 5.75 Å². The lowest BCUT2D eigenvalue weighted by Crippen LogP contribution is -1.89. The van der Waals surface area contributed by atoms with Crippen molar-refractivity contribution in [1.82, 2.24) is 15.0 Å². The van der Waals surface area contributed by atoms with E-state index in [-0.39, 0.29) is 0 Å². The van der Waals surface area contributed by atoms with Crippen LogP contribution in [0.3, 0.4) is 0 Å². The van der Waals surface area contributed by atoms with Gasteiger partial charge in [-0.3, -0.25) is 0 Å². The Morgan fingerprint density at radius 3 is 2.85 bits per heavy atom. The molecule has 0 aliphatic heterocycles. The van der Waals surface area contributed by atoms with Gasteiger partial charge in [-0.15, -0.1) is 16.9 Å². The first-order chi connectivity index (χ1) is 9.61. The minimum atomic E-state index is 0.317. The van der Waals surface area contributed by atoms with Gasteiger partial charge in [0.05, 0.1) is 5.52 Å². The maximum Gasteiger partial charge on any atom is 0.116 e. The summed E-state index contributed by atoms with van der Waals surface area (Å²) in [6.45, 7) is 1.98. The van der Waals surface area contributed by atoms with Gasteiger partial charge in [-0.1, -0.05) is 11.3 Å². The second-order valence-corrected chi connectivity index (χ2v) is 5.88. The zero-order valence-corrected chi connectivity index (χ0v) is 12.2. The number of phenols is 1. The van der Waals surface area contributed by atoms with Gasteiger partial charge < -0.3 is 5.11 Å². The van der Waals surface area contributed by atoms with E-state index in [0.717, 1.165) is 27.2 Å². The Hall–Kier alpha value is -2.01. The molecule has 3 aromatic rings. The Morgan fingerprint density at radius 2 is 2.05 bits per heavy atom. The lowest BCUT2D eigenvalue weighted by Gasteiger charge is -2.04. The fourth-order valence-corrected chi connectivity index (χ4v) is 3.14. The third-order valence-corrected chi connectivity index (χ3v) is 4.16. The van der Waals surface area contributed by atoms with Crippen molar-refractivity contribution in [3.8, 4) is 5.75 Å². The number of benzene rings is 2. The van der Waals surface area contributed by atoms with Crippen LogP contribution in [0.4, 0.5) is 0 Å². The molecule has 0 amide bonds. The van der Waals surface area contributed by atoms with E-state index in [1.165, 1.54) is 5.56 Å². The summed E-state index contributed by atoms with van der Waals surface area (Å²) in [5, 5.41) is 17.7. The average Bonchev–Trinajstić information content (AvgIpc) is 2.77. The molecule has 3 rings (SSSR count). The molecule has 5 heteroatoms. The third-order valence-electron chi connectivity index (χ3n) is 3.12. The molecular formula is C15H15N3OS. The number of phenolic OH excluding ortho intramolecular Hbond substituents is 1. The number of fused-ring (bicyclic) bond motifs is 1. The summed E-state index contributed by atoms with van der Waals surface area (Å²) in [7, 11) is 1.89. The standard InChI is InChI=1S/C15H15N3OS/c1-10-5-12(19)8-13(6-10)20-9-11-3-4-15-14(7-11)16-17-18(15)2/h3-8,19H,9H2,1-2H3. The van der Waals surface area contributed by atoms with Crippen LogP contribution < -0.4 is 0 Å². The Balaban J connectivity index is 1.79. The number of nitrogens with zero attached hydrogens (tertiary/aromatic N) is 3. The maximum absolute atomic E-state index is 9.60. The third kappa shape index (κ3) is 2.63. The van der Waals surface area contributed by atoms with E-state index in [0.29, 0.717) is 5.75 Å². The summed E-state index contributed by atoms with van der Waals surface area (Å²) >= 11 is 1.70. The molecule has 4 nitrogen and oxygen atoms in total. The number of hydrogen-bond acceptors (Lipinski definition) is 4. The number of aromatic hydroxyl groups is 1. The molecule has 0 fully saturated rings. The van der Waals surface area contributed by atoms with Crippen molar-refractivity contribution in [3.05, 3.63) is 47.5 Å². The molecule has 102 valence electrons. The number of aromatic nitrogens is 3. The maximum atomic E-state index is 9.60. The Bertz CT molecular complexity index is 747. The SMILES string of the molecule is Cc1cc(O)cc(SCc2ccc3c(c2)nnn3C)c1. The van der Waals surface area contributed by atoms with E-state index in [1.54, 1.807) is 28.6 Å². The molecular weight excluding hydrogens is 270 g/mol. The number of rotatable bonds is 3. The highest BCUT2D eigenvalue weighted by atomic mass is 32.2. The zero-order valence-electron chi connectivity index (χ0n) is 11.4. The molecule has 1 heterocycles. The molecule has 0 saturated carbocycles. The minimum Gasteiger partial charge on any atom is -0.508 e. The molecule has 2 aromatic carbocycles. The Labute approximate surface area is 121 Å². The van der Waals surface area contributed by atoms with Crippen LogP contribution >= 0.6 is 11.8 Å². The van der Waals surface area contributed by atoms with E-state index in [9.17, 15) is 5.11 Å². The summed E-state index contributed by atoms with van der Waals surface area (Å²) in [4.78, 5) is 1.07. The van der Waals surface area contributed by atoms with Crippen LogP contribution in [-0.2, 0) is 12.8 Å². The van der Waals surface area contributed by atoms with E-state index in [2.05, 4.69) is 28.5 Å². The van der Waals surface area contributed by atoms with Crippen molar-refractivity contribution >= 4 is 22.8 Å². The van der Waals surface area contributed by atoms with Gasteiger partial charge >= 0.3 is 0 Å². The molecule has 0 spiro atoms. The van der Waals surface area contributed by atoms with Crippen molar-refractivity contribution in [1.29, 1.82) is 0 Å². The second-order valence-electron chi connectivity index (χ2n) is 4.83. The molecule has 0 saturated heterocycles. The number of hydrogen-bond donors (Lipinski definition) is 1. The summed E-state index contributed by atoms with van der Waals surface area (Å²) in [6.07, 6.45) is 0.